The van der Waals surface area contributed by atoms with Gasteiger partial charge in [-0.3, -0.25) is 4.79 Å². The third-order valence-electron chi connectivity index (χ3n) is 4.28. The maximum absolute atomic E-state index is 11.6. The van der Waals surface area contributed by atoms with Crippen LogP contribution in [0.15, 0.2) is 30.3 Å². The van der Waals surface area contributed by atoms with E-state index in [4.69, 9.17) is 10.5 Å². The van der Waals surface area contributed by atoms with Gasteiger partial charge in [0.15, 0.2) is 0 Å². The van der Waals surface area contributed by atoms with Crippen LogP contribution in [0.2, 0.25) is 0 Å². The number of benzene rings is 1. The molecule has 0 amide bonds. The van der Waals surface area contributed by atoms with E-state index in [1.165, 1.54) is 12.7 Å². The zero-order chi connectivity index (χ0) is 15.3. The zero-order valence-corrected chi connectivity index (χ0v) is 13.0. The fraction of sp³-hybridized carbons (Fsp3) is 0.588. The number of nitrogens with two attached hydrogens (primary N) is 1. The average molecular weight is 290 g/mol. The Balaban J connectivity index is 1.79. The number of carbonyl (C=O) groups is 1. The molecule has 1 aliphatic rings. The highest BCUT2D eigenvalue weighted by Crippen LogP contribution is 2.22. The van der Waals surface area contributed by atoms with Crippen molar-refractivity contribution in [2.45, 2.75) is 31.7 Å². The van der Waals surface area contributed by atoms with Crippen molar-refractivity contribution in [3.8, 4) is 0 Å². The Bertz CT molecular complexity index is 451. The highest BCUT2D eigenvalue weighted by Gasteiger charge is 2.33. The van der Waals surface area contributed by atoms with Gasteiger partial charge in [-0.05, 0) is 50.8 Å². The highest BCUT2D eigenvalue weighted by molar-refractivity contribution is 5.80. The van der Waals surface area contributed by atoms with Crippen LogP contribution in [0.3, 0.4) is 0 Å². The molecule has 21 heavy (non-hydrogen) atoms. The Morgan fingerprint density at radius 3 is 2.52 bits per heavy atom. The Kier molecular flexibility index (Phi) is 5.37. The first-order valence-corrected chi connectivity index (χ1v) is 7.65. The Labute approximate surface area is 127 Å². The van der Waals surface area contributed by atoms with Crippen LogP contribution in [0.25, 0.3) is 0 Å². The number of piperidine rings is 1. The number of methoxy groups -OCH3 is 1. The number of hydrogen-bond acceptors (Lipinski definition) is 4. The number of nitrogens with zero attached hydrogens (tertiary/aromatic N) is 1. The summed E-state index contributed by atoms with van der Waals surface area (Å²) in [6.07, 6.45) is 3.46. The molecule has 1 atom stereocenters. The molecule has 0 aliphatic carbocycles. The van der Waals surface area contributed by atoms with Crippen molar-refractivity contribution >= 4 is 5.97 Å². The lowest BCUT2D eigenvalue weighted by molar-refractivity contribution is -0.147. The molecule has 1 heterocycles. The fourth-order valence-corrected chi connectivity index (χ4v) is 3.06. The normalized spacial score (nSPS) is 20.0. The number of ether oxygens (including phenoxy) is 1. The number of rotatable bonds is 5. The summed E-state index contributed by atoms with van der Waals surface area (Å²) in [5.74, 6) is 0.389. The molecule has 1 aromatic carbocycles. The van der Waals surface area contributed by atoms with E-state index < -0.39 is 5.54 Å². The molecule has 0 spiro atoms. The predicted molar refractivity (Wildman–Crippen MR) is 83.9 cm³/mol. The lowest BCUT2D eigenvalue weighted by Gasteiger charge is -2.36. The largest absolute Gasteiger partial charge is 0.468 e. The average Bonchev–Trinajstić information content (AvgIpc) is 2.49. The number of hydrogen-bond donors (Lipinski definition) is 1. The van der Waals surface area contributed by atoms with Crippen LogP contribution in [0.5, 0.6) is 0 Å². The first-order valence-electron chi connectivity index (χ1n) is 7.65. The van der Waals surface area contributed by atoms with Gasteiger partial charge < -0.3 is 15.4 Å². The molecule has 1 aromatic rings. The molecule has 2 N–H and O–H groups in total. The first kappa shape index (κ1) is 16.0. The molecule has 4 heteroatoms. The molecule has 116 valence electrons. The number of esters is 1. The highest BCUT2D eigenvalue weighted by atomic mass is 16.5. The molecule has 0 aromatic heterocycles. The van der Waals surface area contributed by atoms with E-state index in [-0.39, 0.29) is 5.97 Å². The second kappa shape index (κ2) is 7.05. The molecule has 0 bridgehead atoms. The van der Waals surface area contributed by atoms with Crippen LogP contribution in [0.4, 0.5) is 0 Å². The summed E-state index contributed by atoms with van der Waals surface area (Å²) in [5.41, 5.74) is 6.54. The molecule has 1 unspecified atom stereocenters. The second-order valence-electron chi connectivity index (χ2n) is 6.32. The summed E-state index contributed by atoms with van der Waals surface area (Å²) >= 11 is 0. The van der Waals surface area contributed by atoms with Gasteiger partial charge in [0.1, 0.15) is 5.54 Å². The van der Waals surface area contributed by atoms with Crippen molar-refractivity contribution in [3.63, 3.8) is 0 Å². The summed E-state index contributed by atoms with van der Waals surface area (Å²) in [6, 6.07) is 10.6. The van der Waals surface area contributed by atoms with Gasteiger partial charge in [0.25, 0.3) is 0 Å². The van der Waals surface area contributed by atoms with E-state index in [1.807, 2.05) is 0 Å². The third kappa shape index (κ3) is 4.55. The van der Waals surface area contributed by atoms with E-state index in [1.54, 1.807) is 6.92 Å². The van der Waals surface area contributed by atoms with Crippen molar-refractivity contribution in [1.82, 2.24) is 4.90 Å². The van der Waals surface area contributed by atoms with Crippen LogP contribution in [0.1, 0.15) is 25.3 Å². The van der Waals surface area contributed by atoms with Gasteiger partial charge in [0, 0.05) is 6.54 Å². The zero-order valence-electron chi connectivity index (χ0n) is 13.0. The topological polar surface area (TPSA) is 55.6 Å². The summed E-state index contributed by atoms with van der Waals surface area (Å²) in [4.78, 5) is 13.9. The van der Waals surface area contributed by atoms with Gasteiger partial charge in [-0.25, -0.2) is 0 Å². The van der Waals surface area contributed by atoms with Crippen LogP contribution in [0, 0.1) is 5.92 Å². The summed E-state index contributed by atoms with van der Waals surface area (Å²) < 4.78 is 4.77. The minimum absolute atomic E-state index is 0.339. The molecule has 4 nitrogen and oxygen atoms in total. The third-order valence-corrected chi connectivity index (χ3v) is 4.28. The lowest BCUT2D eigenvalue weighted by Crippen LogP contribution is -2.55. The molecule has 1 aliphatic heterocycles. The van der Waals surface area contributed by atoms with E-state index in [0.29, 0.717) is 6.54 Å². The molecular formula is C17H26N2O2. The standard InChI is InChI=1S/C17H26N2O2/c1-17(18,16(20)21-2)13-19-10-8-15(9-11-19)12-14-6-4-3-5-7-14/h3-7,15H,8-13,18H2,1-2H3. The molecular weight excluding hydrogens is 264 g/mol. The van der Waals surface area contributed by atoms with Crippen molar-refractivity contribution in [2.24, 2.45) is 11.7 Å². The van der Waals surface area contributed by atoms with Crippen molar-refractivity contribution in [3.05, 3.63) is 35.9 Å². The van der Waals surface area contributed by atoms with Crippen LogP contribution in [-0.4, -0.2) is 43.2 Å². The Hall–Kier alpha value is -1.39. The molecule has 1 saturated heterocycles. The van der Waals surface area contributed by atoms with Gasteiger partial charge in [0.05, 0.1) is 7.11 Å². The minimum Gasteiger partial charge on any atom is -0.468 e. The summed E-state index contributed by atoms with van der Waals surface area (Å²) in [7, 11) is 1.39. The van der Waals surface area contributed by atoms with Crippen molar-refractivity contribution in [1.29, 1.82) is 0 Å². The van der Waals surface area contributed by atoms with Crippen LogP contribution < -0.4 is 5.73 Å². The van der Waals surface area contributed by atoms with Crippen molar-refractivity contribution < 1.29 is 9.53 Å². The van der Waals surface area contributed by atoms with Crippen molar-refractivity contribution in [2.75, 3.05) is 26.7 Å². The van der Waals surface area contributed by atoms with Gasteiger partial charge in [-0.2, -0.15) is 0 Å². The summed E-state index contributed by atoms with van der Waals surface area (Å²) in [6.45, 7) is 4.31. The molecule has 2 rings (SSSR count). The van der Waals surface area contributed by atoms with Gasteiger partial charge >= 0.3 is 5.97 Å². The second-order valence-corrected chi connectivity index (χ2v) is 6.32. The van der Waals surface area contributed by atoms with Gasteiger partial charge in [0.2, 0.25) is 0 Å². The molecule has 0 saturated carbocycles. The molecule has 1 fully saturated rings. The summed E-state index contributed by atoms with van der Waals surface area (Å²) in [5, 5.41) is 0. The monoisotopic (exact) mass is 290 g/mol. The predicted octanol–water partition coefficient (Wildman–Crippen LogP) is 1.83. The van der Waals surface area contributed by atoms with E-state index in [2.05, 4.69) is 35.2 Å². The molecule has 0 radical (unpaired) electrons. The Morgan fingerprint density at radius 2 is 1.95 bits per heavy atom. The van der Waals surface area contributed by atoms with E-state index >= 15 is 0 Å². The van der Waals surface area contributed by atoms with E-state index in [9.17, 15) is 4.79 Å². The SMILES string of the molecule is COC(=O)C(C)(N)CN1CCC(Cc2ccccc2)CC1. The fourth-order valence-electron chi connectivity index (χ4n) is 3.06. The smallest absolute Gasteiger partial charge is 0.326 e. The van der Waals surface area contributed by atoms with Crippen LogP contribution >= 0.6 is 0 Å². The minimum atomic E-state index is -0.916. The lowest BCUT2D eigenvalue weighted by atomic mass is 9.89. The number of likely N-dealkylation sites (tertiary alicyclic amines) is 1. The van der Waals surface area contributed by atoms with Crippen LogP contribution in [-0.2, 0) is 16.0 Å². The van der Waals surface area contributed by atoms with Gasteiger partial charge in [-0.15, -0.1) is 0 Å². The van der Waals surface area contributed by atoms with E-state index in [0.717, 1.165) is 38.3 Å². The quantitative estimate of drug-likeness (QED) is 0.841. The maximum Gasteiger partial charge on any atom is 0.326 e. The van der Waals surface area contributed by atoms with Gasteiger partial charge in [-0.1, -0.05) is 30.3 Å². The first-order chi connectivity index (χ1) is 10.0. The Morgan fingerprint density at radius 1 is 1.33 bits per heavy atom. The maximum atomic E-state index is 11.6. The number of carbonyl (C=O) groups excluding carboxylic acids is 1.